The van der Waals surface area contributed by atoms with Crippen molar-refractivity contribution in [2.45, 2.75) is 12.7 Å². The Bertz CT molecular complexity index is 629. The molecule has 2 aromatic rings. The Labute approximate surface area is 129 Å². The molecule has 2 aromatic heterocycles. The van der Waals surface area contributed by atoms with Crippen molar-refractivity contribution in [1.82, 2.24) is 9.88 Å². The second kappa shape index (κ2) is 6.78. The average Bonchev–Trinajstić information content (AvgIpc) is 2.96. The molecule has 0 radical (unpaired) electrons. The molecule has 1 amide bonds. The topological polar surface area (TPSA) is 42.4 Å². The van der Waals surface area contributed by atoms with Crippen molar-refractivity contribution in [3.63, 3.8) is 0 Å². The lowest BCUT2D eigenvalue weighted by atomic mass is 10.2. The molecule has 4 nitrogen and oxygen atoms in total. The van der Waals surface area contributed by atoms with Crippen molar-refractivity contribution in [3.05, 3.63) is 46.3 Å². The summed E-state index contributed by atoms with van der Waals surface area (Å²) in [6.45, 7) is -1.13. The number of rotatable bonds is 5. The van der Waals surface area contributed by atoms with Crippen LogP contribution in [0.5, 0.6) is 5.88 Å². The number of carbonyl (C=O) groups is 1. The van der Waals surface area contributed by atoms with E-state index in [0.717, 1.165) is 5.56 Å². The zero-order chi connectivity index (χ0) is 16.2. The summed E-state index contributed by atoms with van der Waals surface area (Å²) in [6.07, 6.45) is -3.21. The minimum atomic E-state index is -4.49. The van der Waals surface area contributed by atoms with E-state index in [1.807, 2.05) is 16.8 Å². The van der Waals surface area contributed by atoms with Gasteiger partial charge in [-0.25, -0.2) is 4.98 Å². The van der Waals surface area contributed by atoms with Crippen molar-refractivity contribution in [1.29, 1.82) is 0 Å². The smallest absolute Gasteiger partial charge is 0.422 e. The third-order valence-corrected chi connectivity index (χ3v) is 3.45. The number of aromatic nitrogens is 1. The van der Waals surface area contributed by atoms with Gasteiger partial charge in [0.15, 0.2) is 6.61 Å². The van der Waals surface area contributed by atoms with Crippen LogP contribution in [0.2, 0.25) is 0 Å². The first-order valence-corrected chi connectivity index (χ1v) is 7.22. The average molecular weight is 330 g/mol. The fourth-order valence-corrected chi connectivity index (χ4v) is 2.41. The minimum Gasteiger partial charge on any atom is -0.467 e. The molecule has 0 aliphatic heterocycles. The maximum absolute atomic E-state index is 12.3. The highest BCUT2D eigenvalue weighted by Crippen LogP contribution is 2.21. The van der Waals surface area contributed by atoms with Crippen LogP contribution in [0.1, 0.15) is 15.9 Å². The quantitative estimate of drug-likeness (QED) is 0.844. The van der Waals surface area contributed by atoms with E-state index < -0.39 is 18.7 Å². The molecule has 0 saturated heterocycles. The molecule has 0 bridgehead atoms. The van der Waals surface area contributed by atoms with Crippen LogP contribution in [0, 0.1) is 0 Å². The predicted molar refractivity (Wildman–Crippen MR) is 75.9 cm³/mol. The number of pyridine rings is 1. The van der Waals surface area contributed by atoms with E-state index in [-0.39, 0.29) is 11.4 Å². The van der Waals surface area contributed by atoms with E-state index in [1.54, 1.807) is 7.05 Å². The first kappa shape index (κ1) is 16.3. The summed E-state index contributed by atoms with van der Waals surface area (Å²) in [6, 6.07) is 4.75. The number of alkyl halides is 3. The number of thiophene rings is 1. The number of nitrogens with zero attached hydrogens (tertiary/aromatic N) is 2. The van der Waals surface area contributed by atoms with Crippen LogP contribution in [-0.4, -0.2) is 35.6 Å². The van der Waals surface area contributed by atoms with Crippen LogP contribution < -0.4 is 4.74 Å². The Morgan fingerprint density at radius 2 is 2.18 bits per heavy atom. The lowest BCUT2D eigenvalue weighted by molar-refractivity contribution is -0.154. The Hall–Kier alpha value is -2.09. The molecule has 22 heavy (non-hydrogen) atoms. The van der Waals surface area contributed by atoms with E-state index in [4.69, 9.17) is 0 Å². The van der Waals surface area contributed by atoms with Gasteiger partial charge in [-0.2, -0.15) is 24.5 Å². The molecule has 118 valence electrons. The van der Waals surface area contributed by atoms with Gasteiger partial charge in [-0.05, 0) is 34.5 Å². The fourth-order valence-electron chi connectivity index (χ4n) is 1.75. The molecule has 0 fully saturated rings. The summed E-state index contributed by atoms with van der Waals surface area (Å²) in [7, 11) is 1.57. The van der Waals surface area contributed by atoms with Crippen LogP contribution in [-0.2, 0) is 6.54 Å². The van der Waals surface area contributed by atoms with E-state index in [0.29, 0.717) is 6.54 Å². The molecule has 8 heteroatoms. The molecule has 2 heterocycles. The van der Waals surface area contributed by atoms with E-state index in [2.05, 4.69) is 9.72 Å². The molecule has 0 spiro atoms. The third kappa shape index (κ3) is 4.45. The standard InChI is InChI=1S/C14H13F3N2O2S/c1-19(7-10-4-6-22-8-10)13(20)11-3-2-5-18-12(11)21-9-14(15,16)17/h2-6,8H,7,9H2,1H3. The summed E-state index contributed by atoms with van der Waals surface area (Å²) in [5.41, 5.74) is 0.951. The predicted octanol–water partition coefficient (Wildman–Crippen LogP) is 3.36. The molecular formula is C14H13F3N2O2S. The second-order valence-corrected chi connectivity index (χ2v) is 5.33. The van der Waals surface area contributed by atoms with E-state index >= 15 is 0 Å². The van der Waals surface area contributed by atoms with Crippen LogP contribution in [0.15, 0.2) is 35.2 Å². The first-order valence-electron chi connectivity index (χ1n) is 6.28. The molecule has 0 saturated carbocycles. The fraction of sp³-hybridized carbons (Fsp3) is 0.286. The first-order chi connectivity index (χ1) is 10.4. The molecule has 0 atom stereocenters. The number of halogens is 3. The van der Waals surface area contributed by atoms with Gasteiger partial charge in [-0.15, -0.1) is 0 Å². The molecule has 0 aromatic carbocycles. The SMILES string of the molecule is CN(Cc1ccsc1)C(=O)c1cccnc1OCC(F)(F)F. The zero-order valence-corrected chi connectivity index (χ0v) is 12.4. The highest BCUT2D eigenvalue weighted by atomic mass is 32.1. The van der Waals surface area contributed by atoms with Crippen molar-refractivity contribution in [2.24, 2.45) is 0 Å². The third-order valence-electron chi connectivity index (χ3n) is 2.72. The number of ether oxygens (including phenoxy) is 1. The lowest BCUT2D eigenvalue weighted by Crippen LogP contribution is -2.27. The van der Waals surface area contributed by atoms with Crippen molar-refractivity contribution in [2.75, 3.05) is 13.7 Å². The van der Waals surface area contributed by atoms with Crippen molar-refractivity contribution in [3.8, 4) is 5.88 Å². The van der Waals surface area contributed by atoms with Crippen molar-refractivity contribution < 1.29 is 22.7 Å². The lowest BCUT2D eigenvalue weighted by Gasteiger charge is -2.18. The van der Waals surface area contributed by atoms with Gasteiger partial charge < -0.3 is 9.64 Å². The molecule has 0 N–H and O–H groups in total. The number of carbonyl (C=O) groups excluding carboxylic acids is 1. The van der Waals surface area contributed by atoms with Crippen LogP contribution >= 0.6 is 11.3 Å². The number of hydrogen-bond donors (Lipinski definition) is 0. The van der Waals surface area contributed by atoms with Gasteiger partial charge in [0.05, 0.1) is 0 Å². The molecule has 0 aliphatic carbocycles. The van der Waals surface area contributed by atoms with E-state index in [1.165, 1.54) is 34.6 Å². The number of amides is 1. The molecule has 2 rings (SSSR count). The Kier molecular flexibility index (Phi) is 5.02. The van der Waals surface area contributed by atoms with Crippen LogP contribution in [0.4, 0.5) is 13.2 Å². The maximum atomic E-state index is 12.3. The number of hydrogen-bond acceptors (Lipinski definition) is 4. The summed E-state index contributed by atoms with van der Waals surface area (Å²) < 4.78 is 41.3. The highest BCUT2D eigenvalue weighted by Gasteiger charge is 2.30. The Balaban J connectivity index is 2.11. The molecule has 0 unspecified atom stereocenters. The van der Waals surface area contributed by atoms with Gasteiger partial charge >= 0.3 is 6.18 Å². The highest BCUT2D eigenvalue weighted by molar-refractivity contribution is 7.07. The minimum absolute atomic E-state index is 0.00415. The summed E-state index contributed by atoms with van der Waals surface area (Å²) in [5, 5.41) is 3.78. The molecular weight excluding hydrogens is 317 g/mol. The largest absolute Gasteiger partial charge is 0.467 e. The van der Waals surface area contributed by atoms with E-state index in [9.17, 15) is 18.0 Å². The summed E-state index contributed by atoms with van der Waals surface area (Å²) in [4.78, 5) is 17.5. The Morgan fingerprint density at radius 3 is 2.82 bits per heavy atom. The van der Waals surface area contributed by atoms with Gasteiger partial charge in [-0.3, -0.25) is 4.79 Å². The van der Waals surface area contributed by atoms with Gasteiger partial charge in [0.2, 0.25) is 5.88 Å². The monoisotopic (exact) mass is 330 g/mol. The van der Waals surface area contributed by atoms with Gasteiger partial charge in [0.1, 0.15) is 5.56 Å². The summed E-state index contributed by atoms with van der Waals surface area (Å²) in [5.74, 6) is -0.765. The molecule has 0 aliphatic rings. The zero-order valence-electron chi connectivity index (χ0n) is 11.6. The second-order valence-electron chi connectivity index (χ2n) is 4.55. The van der Waals surface area contributed by atoms with Crippen molar-refractivity contribution >= 4 is 17.2 Å². The maximum Gasteiger partial charge on any atom is 0.422 e. The van der Waals surface area contributed by atoms with Crippen LogP contribution in [0.25, 0.3) is 0 Å². The normalized spacial score (nSPS) is 11.3. The van der Waals surface area contributed by atoms with Gasteiger partial charge in [-0.1, -0.05) is 0 Å². The Morgan fingerprint density at radius 1 is 1.41 bits per heavy atom. The van der Waals surface area contributed by atoms with Gasteiger partial charge in [0, 0.05) is 19.8 Å². The summed E-state index contributed by atoms with van der Waals surface area (Å²) >= 11 is 1.50. The van der Waals surface area contributed by atoms with Crippen LogP contribution in [0.3, 0.4) is 0 Å². The van der Waals surface area contributed by atoms with Gasteiger partial charge in [0.25, 0.3) is 5.91 Å².